The topological polar surface area (TPSA) is 42.6 Å². The first kappa shape index (κ1) is 12.7. The summed E-state index contributed by atoms with van der Waals surface area (Å²) >= 11 is 0. The Labute approximate surface area is 107 Å². The lowest BCUT2D eigenvalue weighted by atomic mass is 10.0. The van der Waals surface area contributed by atoms with Crippen molar-refractivity contribution < 1.29 is 14.3 Å². The summed E-state index contributed by atoms with van der Waals surface area (Å²) in [5.41, 5.74) is 1.65. The van der Waals surface area contributed by atoms with Gasteiger partial charge in [-0.05, 0) is 44.5 Å². The van der Waals surface area contributed by atoms with Crippen LogP contribution in [0.25, 0.3) is 0 Å². The first-order valence-corrected chi connectivity index (χ1v) is 6.09. The molecule has 1 aromatic carbocycles. The van der Waals surface area contributed by atoms with E-state index < -0.39 is 6.10 Å². The average Bonchev–Trinajstić information content (AvgIpc) is 2.69. The van der Waals surface area contributed by atoms with E-state index in [-0.39, 0.29) is 0 Å². The van der Waals surface area contributed by atoms with Gasteiger partial charge in [0.1, 0.15) is 23.4 Å². The normalized spacial score (nSPS) is 12.4. The van der Waals surface area contributed by atoms with Crippen molar-refractivity contribution in [2.75, 3.05) is 6.61 Å². The Morgan fingerprint density at radius 2 is 1.89 bits per heavy atom. The first-order valence-electron chi connectivity index (χ1n) is 6.09. The van der Waals surface area contributed by atoms with Gasteiger partial charge >= 0.3 is 0 Å². The molecule has 1 atom stereocenters. The molecule has 0 aliphatic rings. The summed E-state index contributed by atoms with van der Waals surface area (Å²) in [4.78, 5) is 0. The summed E-state index contributed by atoms with van der Waals surface area (Å²) < 4.78 is 10.8. The number of ether oxygens (including phenoxy) is 1. The van der Waals surface area contributed by atoms with E-state index >= 15 is 0 Å². The molecule has 0 bridgehead atoms. The summed E-state index contributed by atoms with van der Waals surface area (Å²) in [6.07, 6.45) is -0.655. The van der Waals surface area contributed by atoms with Crippen LogP contribution in [0.4, 0.5) is 0 Å². The van der Waals surface area contributed by atoms with E-state index in [1.807, 2.05) is 51.1 Å². The van der Waals surface area contributed by atoms with Gasteiger partial charge < -0.3 is 14.3 Å². The van der Waals surface area contributed by atoms with Crippen LogP contribution in [0.5, 0.6) is 5.75 Å². The molecule has 0 saturated carbocycles. The molecule has 1 unspecified atom stereocenters. The fraction of sp³-hybridized carbons (Fsp3) is 0.333. The molecule has 18 heavy (non-hydrogen) atoms. The van der Waals surface area contributed by atoms with Crippen molar-refractivity contribution in [1.29, 1.82) is 0 Å². The molecule has 0 aliphatic carbocycles. The predicted octanol–water partition coefficient (Wildman–Crippen LogP) is 3.38. The zero-order chi connectivity index (χ0) is 13.1. The van der Waals surface area contributed by atoms with E-state index in [0.717, 1.165) is 28.4 Å². The Bertz CT molecular complexity index is 511. The van der Waals surface area contributed by atoms with Crippen LogP contribution in [0.2, 0.25) is 0 Å². The second kappa shape index (κ2) is 5.27. The average molecular weight is 246 g/mol. The maximum atomic E-state index is 10.3. The lowest BCUT2D eigenvalue weighted by Gasteiger charge is -2.11. The third-order valence-corrected chi connectivity index (χ3v) is 2.88. The summed E-state index contributed by atoms with van der Waals surface area (Å²) in [6.45, 7) is 6.32. The summed E-state index contributed by atoms with van der Waals surface area (Å²) in [7, 11) is 0. The van der Waals surface area contributed by atoms with Crippen LogP contribution < -0.4 is 4.74 Å². The van der Waals surface area contributed by atoms with Gasteiger partial charge in [0.15, 0.2) is 0 Å². The third kappa shape index (κ3) is 2.57. The summed E-state index contributed by atoms with van der Waals surface area (Å²) in [5, 5.41) is 10.3. The zero-order valence-corrected chi connectivity index (χ0v) is 10.9. The van der Waals surface area contributed by atoms with Crippen LogP contribution in [0.1, 0.15) is 35.7 Å². The zero-order valence-electron chi connectivity index (χ0n) is 10.9. The van der Waals surface area contributed by atoms with Gasteiger partial charge in [0, 0.05) is 5.56 Å². The molecule has 1 N–H and O–H groups in total. The summed E-state index contributed by atoms with van der Waals surface area (Å²) in [5.74, 6) is 2.38. The van der Waals surface area contributed by atoms with E-state index in [1.54, 1.807) is 0 Å². The lowest BCUT2D eigenvalue weighted by molar-refractivity contribution is 0.218. The van der Waals surface area contributed by atoms with Gasteiger partial charge in [0.05, 0.1) is 6.61 Å². The molecule has 2 rings (SSSR count). The predicted molar refractivity (Wildman–Crippen MR) is 69.9 cm³/mol. The van der Waals surface area contributed by atoms with Gasteiger partial charge in [0.25, 0.3) is 0 Å². The number of hydrogen-bond acceptors (Lipinski definition) is 3. The Kier molecular flexibility index (Phi) is 3.72. The molecular formula is C15H18O3. The fourth-order valence-electron chi connectivity index (χ4n) is 2.01. The summed E-state index contributed by atoms with van der Waals surface area (Å²) in [6, 6.07) is 9.35. The molecule has 3 heteroatoms. The molecule has 0 aliphatic heterocycles. The van der Waals surface area contributed by atoms with Crippen molar-refractivity contribution in [3.05, 3.63) is 53.0 Å². The number of aliphatic hydroxyl groups excluding tert-OH is 1. The highest BCUT2D eigenvalue weighted by atomic mass is 16.5. The minimum Gasteiger partial charge on any atom is -0.494 e. The monoisotopic (exact) mass is 246 g/mol. The van der Waals surface area contributed by atoms with Gasteiger partial charge in [-0.25, -0.2) is 0 Å². The number of aryl methyl sites for hydroxylation is 2. The quantitative estimate of drug-likeness (QED) is 0.899. The Hall–Kier alpha value is -1.74. The number of rotatable bonds is 4. The Morgan fingerprint density at radius 1 is 1.22 bits per heavy atom. The van der Waals surface area contributed by atoms with E-state index in [0.29, 0.717) is 6.61 Å². The van der Waals surface area contributed by atoms with Gasteiger partial charge in [-0.1, -0.05) is 12.1 Å². The van der Waals surface area contributed by atoms with Crippen LogP contribution in [0.3, 0.4) is 0 Å². The first-order chi connectivity index (χ1) is 8.61. The Morgan fingerprint density at radius 3 is 2.39 bits per heavy atom. The number of benzene rings is 1. The standard InChI is InChI=1S/C15H18O3/c1-4-17-13-7-5-12(6-8-13)15(16)14-9-10(2)18-11(14)3/h5-9,15-16H,4H2,1-3H3. The van der Waals surface area contributed by atoms with Crippen LogP contribution in [0, 0.1) is 13.8 Å². The van der Waals surface area contributed by atoms with Gasteiger partial charge in [-0.3, -0.25) is 0 Å². The minimum atomic E-state index is -0.655. The smallest absolute Gasteiger partial charge is 0.119 e. The number of hydrogen-bond donors (Lipinski definition) is 1. The van der Waals surface area contributed by atoms with Gasteiger partial charge in [0.2, 0.25) is 0 Å². The van der Waals surface area contributed by atoms with E-state index in [2.05, 4.69) is 0 Å². The highest BCUT2D eigenvalue weighted by Crippen LogP contribution is 2.28. The molecule has 0 amide bonds. The molecule has 0 radical (unpaired) electrons. The van der Waals surface area contributed by atoms with E-state index in [9.17, 15) is 5.11 Å². The van der Waals surface area contributed by atoms with Crippen molar-refractivity contribution in [1.82, 2.24) is 0 Å². The lowest BCUT2D eigenvalue weighted by Crippen LogP contribution is -2.00. The van der Waals surface area contributed by atoms with Crippen molar-refractivity contribution in [2.24, 2.45) is 0 Å². The maximum absolute atomic E-state index is 10.3. The molecule has 1 aromatic heterocycles. The minimum absolute atomic E-state index is 0.641. The molecular weight excluding hydrogens is 228 g/mol. The second-order valence-corrected chi connectivity index (χ2v) is 4.27. The van der Waals surface area contributed by atoms with Crippen molar-refractivity contribution in [3.63, 3.8) is 0 Å². The van der Waals surface area contributed by atoms with Crippen molar-refractivity contribution >= 4 is 0 Å². The number of furan rings is 1. The Balaban J connectivity index is 2.23. The number of aliphatic hydroxyl groups is 1. The van der Waals surface area contributed by atoms with Crippen molar-refractivity contribution in [2.45, 2.75) is 26.9 Å². The second-order valence-electron chi connectivity index (χ2n) is 4.27. The SMILES string of the molecule is CCOc1ccc(C(O)c2cc(C)oc2C)cc1. The molecule has 0 fully saturated rings. The fourth-order valence-corrected chi connectivity index (χ4v) is 2.01. The van der Waals surface area contributed by atoms with Crippen molar-refractivity contribution in [3.8, 4) is 5.75 Å². The molecule has 3 nitrogen and oxygen atoms in total. The van der Waals surface area contributed by atoms with Crippen LogP contribution in [0.15, 0.2) is 34.7 Å². The molecule has 96 valence electrons. The highest BCUT2D eigenvalue weighted by molar-refractivity contribution is 5.35. The molecule has 0 spiro atoms. The molecule has 1 heterocycles. The van der Waals surface area contributed by atoms with Gasteiger partial charge in [-0.15, -0.1) is 0 Å². The van der Waals surface area contributed by atoms with Crippen LogP contribution in [-0.4, -0.2) is 11.7 Å². The molecule has 0 saturated heterocycles. The largest absolute Gasteiger partial charge is 0.494 e. The van der Waals surface area contributed by atoms with Gasteiger partial charge in [-0.2, -0.15) is 0 Å². The van der Waals surface area contributed by atoms with E-state index in [4.69, 9.17) is 9.15 Å². The van der Waals surface area contributed by atoms with Crippen LogP contribution >= 0.6 is 0 Å². The maximum Gasteiger partial charge on any atom is 0.119 e. The highest BCUT2D eigenvalue weighted by Gasteiger charge is 2.16. The third-order valence-electron chi connectivity index (χ3n) is 2.88. The van der Waals surface area contributed by atoms with E-state index in [1.165, 1.54) is 0 Å². The van der Waals surface area contributed by atoms with Crippen LogP contribution in [-0.2, 0) is 0 Å². The molecule has 2 aromatic rings.